The lowest BCUT2D eigenvalue weighted by Crippen LogP contribution is -2.30. The zero-order valence-corrected chi connectivity index (χ0v) is 22.2. The van der Waals surface area contributed by atoms with Gasteiger partial charge >= 0.3 is 0 Å². The molecule has 196 valence electrons. The van der Waals surface area contributed by atoms with Crippen molar-refractivity contribution in [2.75, 3.05) is 5.32 Å². The maximum Gasteiger partial charge on any atom is 0.257 e. The number of nitrogens with one attached hydrogen (secondary N) is 3. The Morgan fingerprint density at radius 2 is 1.77 bits per heavy atom. The minimum Gasteiger partial charge on any atom is -0.384 e. The maximum atomic E-state index is 13.6. The molecule has 5 rings (SSSR count). The van der Waals surface area contributed by atoms with E-state index in [4.69, 9.17) is 16.1 Å². The van der Waals surface area contributed by atoms with Gasteiger partial charge in [-0.2, -0.15) is 0 Å². The van der Waals surface area contributed by atoms with Crippen LogP contribution < -0.4 is 15.8 Å². The highest BCUT2D eigenvalue weighted by Crippen LogP contribution is 2.30. The summed E-state index contributed by atoms with van der Waals surface area (Å²) in [5.41, 5.74) is 8.48. The number of fused-ring (bicyclic) bond motifs is 1. The summed E-state index contributed by atoms with van der Waals surface area (Å²) in [6.45, 7) is 0. The molecule has 0 fully saturated rings. The number of para-hydroxylation sites is 1. The Morgan fingerprint density at radius 3 is 2.54 bits per heavy atom. The van der Waals surface area contributed by atoms with Crippen molar-refractivity contribution < 1.29 is 13.2 Å². The number of amides is 1. The third kappa shape index (κ3) is 6.17. The molecule has 0 aliphatic rings. The van der Waals surface area contributed by atoms with E-state index in [2.05, 4.69) is 15.0 Å². The molecule has 9 nitrogen and oxygen atoms in total. The fourth-order valence-electron chi connectivity index (χ4n) is 4.02. The van der Waals surface area contributed by atoms with Crippen LogP contribution in [0.3, 0.4) is 0 Å². The highest BCUT2D eigenvalue weighted by molar-refractivity contribution is 7.89. The number of carbonyl (C=O) groups excluding carboxylic acids is 1. The summed E-state index contributed by atoms with van der Waals surface area (Å²) in [6.07, 6.45) is 3.28. The number of aromatic nitrogens is 2. The van der Waals surface area contributed by atoms with Gasteiger partial charge in [-0.3, -0.25) is 15.2 Å². The third-order valence-corrected chi connectivity index (χ3v) is 8.53. The predicted molar refractivity (Wildman–Crippen MR) is 152 cm³/mol. The van der Waals surface area contributed by atoms with E-state index < -0.39 is 22.0 Å². The van der Waals surface area contributed by atoms with E-state index in [9.17, 15) is 13.2 Å². The molecule has 1 unspecified atom stereocenters. The van der Waals surface area contributed by atoms with Crippen molar-refractivity contribution in [3.8, 4) is 0 Å². The van der Waals surface area contributed by atoms with Gasteiger partial charge in [-0.1, -0.05) is 36.4 Å². The van der Waals surface area contributed by atoms with Gasteiger partial charge in [0.25, 0.3) is 5.91 Å². The molecule has 3 aromatic carbocycles. The molecule has 5 N–H and O–H groups in total. The minimum absolute atomic E-state index is 0.00455. The van der Waals surface area contributed by atoms with Gasteiger partial charge in [0.05, 0.1) is 26.7 Å². The number of carbonyl (C=O) groups is 1. The predicted octanol–water partition coefficient (Wildman–Crippen LogP) is 4.49. The molecule has 0 radical (unpaired) electrons. The van der Waals surface area contributed by atoms with E-state index in [1.807, 2.05) is 30.3 Å². The van der Waals surface area contributed by atoms with Crippen molar-refractivity contribution in [1.29, 1.82) is 5.41 Å². The molecule has 1 atom stereocenters. The largest absolute Gasteiger partial charge is 0.384 e. The van der Waals surface area contributed by atoms with Crippen LogP contribution in [-0.4, -0.2) is 30.1 Å². The van der Waals surface area contributed by atoms with E-state index in [0.717, 1.165) is 15.8 Å². The number of thiazole rings is 1. The summed E-state index contributed by atoms with van der Waals surface area (Å²) in [7, 11) is -4.03. The van der Waals surface area contributed by atoms with Crippen LogP contribution in [0.4, 0.5) is 5.69 Å². The number of amidine groups is 1. The Kier molecular flexibility index (Phi) is 7.46. The van der Waals surface area contributed by atoms with Crippen LogP contribution in [0.2, 0.25) is 0 Å². The zero-order valence-electron chi connectivity index (χ0n) is 20.5. The number of nitrogens with two attached hydrogens (primary N) is 1. The Labute approximate surface area is 229 Å². The Balaban J connectivity index is 1.45. The van der Waals surface area contributed by atoms with Gasteiger partial charge in [0.15, 0.2) is 0 Å². The van der Waals surface area contributed by atoms with E-state index in [1.165, 1.54) is 29.7 Å². The average Bonchev–Trinajstić information content (AvgIpc) is 3.38. The average molecular weight is 557 g/mol. The second-order valence-corrected chi connectivity index (χ2v) is 11.5. The Bertz CT molecular complexity index is 1740. The molecule has 11 heteroatoms. The van der Waals surface area contributed by atoms with E-state index in [1.54, 1.807) is 48.7 Å². The third-order valence-electron chi connectivity index (χ3n) is 5.91. The number of anilines is 1. The lowest BCUT2D eigenvalue weighted by molar-refractivity contribution is 0.102. The first-order valence-electron chi connectivity index (χ1n) is 11.9. The van der Waals surface area contributed by atoms with E-state index in [0.29, 0.717) is 21.8 Å². The maximum absolute atomic E-state index is 13.6. The first kappa shape index (κ1) is 26.2. The zero-order chi connectivity index (χ0) is 27.4. The van der Waals surface area contributed by atoms with Gasteiger partial charge in [0.1, 0.15) is 10.8 Å². The topological polar surface area (TPSA) is 151 Å². The van der Waals surface area contributed by atoms with Crippen LogP contribution in [0.15, 0.2) is 102 Å². The van der Waals surface area contributed by atoms with Crippen LogP contribution >= 0.6 is 11.3 Å². The molecule has 39 heavy (non-hydrogen) atoms. The van der Waals surface area contributed by atoms with Crippen LogP contribution in [-0.2, 0) is 16.4 Å². The Morgan fingerprint density at radius 1 is 0.974 bits per heavy atom. The SMILES string of the molecule is N=C(N)c1cccc(CC(NS(=O)(=O)c2cccc(NC(=O)c3cccnc3)c2)c2nc3ccccc3s2)c1. The number of rotatable bonds is 9. The number of benzene rings is 3. The number of nitrogens with zero attached hydrogens (tertiary/aromatic N) is 2. The smallest absolute Gasteiger partial charge is 0.257 e. The summed E-state index contributed by atoms with van der Waals surface area (Å²) >= 11 is 1.41. The van der Waals surface area contributed by atoms with Crippen molar-refractivity contribution in [2.45, 2.75) is 17.4 Å². The lowest BCUT2D eigenvalue weighted by atomic mass is 10.0. The van der Waals surface area contributed by atoms with E-state index >= 15 is 0 Å². The van der Waals surface area contributed by atoms with Crippen molar-refractivity contribution in [1.82, 2.24) is 14.7 Å². The summed E-state index contributed by atoms with van der Waals surface area (Å²) < 4.78 is 30.9. The molecule has 5 aromatic rings. The van der Waals surface area contributed by atoms with Crippen LogP contribution in [0.1, 0.15) is 32.5 Å². The normalized spacial score (nSPS) is 12.2. The van der Waals surface area contributed by atoms with Gasteiger partial charge in [0.2, 0.25) is 10.0 Å². The molecule has 0 aliphatic heterocycles. The Hall–Kier alpha value is -4.45. The molecule has 0 aliphatic carbocycles. The second-order valence-electron chi connectivity index (χ2n) is 8.74. The van der Waals surface area contributed by atoms with Crippen molar-refractivity contribution in [3.63, 3.8) is 0 Å². The second kappa shape index (κ2) is 11.1. The summed E-state index contributed by atoms with van der Waals surface area (Å²) in [6, 6.07) is 23.4. The number of hydrogen-bond acceptors (Lipinski definition) is 7. The molecule has 0 spiro atoms. The summed E-state index contributed by atoms with van der Waals surface area (Å²) in [4.78, 5) is 21.2. The first-order chi connectivity index (χ1) is 18.8. The van der Waals surface area contributed by atoms with Gasteiger partial charge in [0, 0.05) is 23.6 Å². The summed E-state index contributed by atoms with van der Waals surface area (Å²) in [5, 5.41) is 11.1. The van der Waals surface area contributed by atoms with E-state index in [-0.39, 0.29) is 17.2 Å². The van der Waals surface area contributed by atoms with Gasteiger partial charge in [-0.15, -0.1) is 11.3 Å². The molecule has 1 amide bonds. The van der Waals surface area contributed by atoms with Crippen molar-refractivity contribution >= 4 is 49.0 Å². The summed E-state index contributed by atoms with van der Waals surface area (Å²) in [5.74, 6) is -0.470. The number of hydrogen-bond donors (Lipinski definition) is 4. The number of nitrogen functional groups attached to an aromatic ring is 1. The van der Waals surface area contributed by atoms with Crippen molar-refractivity contribution in [2.24, 2.45) is 5.73 Å². The first-order valence-corrected chi connectivity index (χ1v) is 14.2. The molecule has 0 bridgehead atoms. The number of pyridine rings is 1. The monoisotopic (exact) mass is 556 g/mol. The van der Waals surface area contributed by atoms with Gasteiger partial charge in [-0.05, 0) is 60.5 Å². The molecular formula is C28H24N6O3S2. The highest BCUT2D eigenvalue weighted by atomic mass is 32.2. The molecular weight excluding hydrogens is 532 g/mol. The van der Waals surface area contributed by atoms with Crippen LogP contribution in [0.25, 0.3) is 10.2 Å². The standard InChI is InChI=1S/C28H24N6O3S2/c29-26(30)19-7-3-6-18(14-19)15-24(28-33-23-11-1-2-12-25(23)38-28)34-39(36,37)22-10-4-9-21(16-22)32-27(35)20-8-5-13-31-17-20/h1-14,16-17,24,34H,15H2,(H3,29,30)(H,32,35). The van der Waals surface area contributed by atoms with Gasteiger partial charge in [-0.25, -0.2) is 18.1 Å². The number of sulfonamides is 1. The minimum atomic E-state index is -4.03. The lowest BCUT2D eigenvalue weighted by Gasteiger charge is -2.18. The molecule has 0 saturated heterocycles. The fraction of sp³-hybridized carbons (Fsp3) is 0.0714. The molecule has 0 saturated carbocycles. The fourth-order valence-corrected chi connectivity index (χ4v) is 6.36. The molecule has 2 heterocycles. The van der Waals surface area contributed by atoms with Gasteiger partial charge < -0.3 is 11.1 Å². The highest BCUT2D eigenvalue weighted by Gasteiger charge is 2.25. The van der Waals surface area contributed by atoms with Crippen LogP contribution in [0.5, 0.6) is 0 Å². The van der Waals surface area contributed by atoms with Crippen molar-refractivity contribution in [3.05, 3.63) is 119 Å². The molecule has 2 aromatic heterocycles. The quantitative estimate of drug-likeness (QED) is 0.155. The van der Waals surface area contributed by atoms with Crippen LogP contribution in [0, 0.1) is 5.41 Å².